The van der Waals surface area contributed by atoms with Gasteiger partial charge in [0.2, 0.25) is 10.0 Å². The fourth-order valence-electron chi connectivity index (χ4n) is 0.563. The topological polar surface area (TPSA) is 66.4 Å². The van der Waals surface area contributed by atoms with Gasteiger partial charge in [0.25, 0.3) is 0 Å². The first-order valence-electron chi connectivity index (χ1n) is 3.32. The summed E-state index contributed by atoms with van der Waals surface area (Å²) in [5.74, 6) is 0. The molecule has 5 heteroatoms. The lowest BCUT2D eigenvalue weighted by atomic mass is 10.0. The lowest BCUT2D eigenvalue weighted by molar-refractivity contribution is 0.112. The molecule has 0 aromatic rings. The average molecular weight is 181 g/mol. The monoisotopic (exact) mass is 181 g/mol. The summed E-state index contributed by atoms with van der Waals surface area (Å²) < 4.78 is 23.8. The predicted octanol–water partition coefficient (Wildman–Crippen LogP) is -0.305. The van der Waals surface area contributed by atoms with Crippen LogP contribution < -0.4 is 4.72 Å². The molecule has 1 atom stereocenters. The van der Waals surface area contributed by atoms with E-state index in [1.54, 1.807) is 13.8 Å². The SMILES string of the molecule is CC(O)C(C)(C)NS(C)(=O)=O. The minimum Gasteiger partial charge on any atom is -0.391 e. The molecule has 0 aliphatic heterocycles. The number of rotatable bonds is 3. The molecule has 0 amide bonds. The van der Waals surface area contributed by atoms with Crippen molar-refractivity contribution in [3.05, 3.63) is 0 Å². The summed E-state index contributed by atoms with van der Waals surface area (Å²) in [6.45, 7) is 4.79. The summed E-state index contributed by atoms with van der Waals surface area (Å²) in [6.07, 6.45) is 0.356. The van der Waals surface area contributed by atoms with Gasteiger partial charge in [0.05, 0.1) is 17.9 Å². The van der Waals surface area contributed by atoms with Gasteiger partial charge in [0.15, 0.2) is 0 Å². The highest BCUT2D eigenvalue weighted by molar-refractivity contribution is 7.88. The molecule has 0 rings (SSSR count). The van der Waals surface area contributed by atoms with Crippen molar-refractivity contribution in [2.75, 3.05) is 6.26 Å². The Morgan fingerprint density at radius 2 is 1.82 bits per heavy atom. The molecular formula is C6H15NO3S. The van der Waals surface area contributed by atoms with E-state index < -0.39 is 21.7 Å². The van der Waals surface area contributed by atoms with Crippen LogP contribution in [0.4, 0.5) is 0 Å². The molecule has 68 valence electrons. The fourth-order valence-corrected chi connectivity index (χ4v) is 1.69. The van der Waals surface area contributed by atoms with Crippen molar-refractivity contribution in [1.29, 1.82) is 0 Å². The summed E-state index contributed by atoms with van der Waals surface area (Å²) in [5, 5.41) is 9.12. The number of nitrogens with one attached hydrogen (secondary N) is 1. The molecule has 0 aliphatic carbocycles. The van der Waals surface area contributed by atoms with Gasteiger partial charge in [-0.05, 0) is 20.8 Å². The standard InChI is InChI=1S/C6H15NO3S/c1-5(8)6(2,3)7-11(4,9)10/h5,7-8H,1-4H3. The van der Waals surface area contributed by atoms with Gasteiger partial charge in [-0.1, -0.05) is 0 Å². The molecule has 0 fully saturated rings. The first-order chi connectivity index (χ1) is 4.65. The van der Waals surface area contributed by atoms with E-state index in [1.165, 1.54) is 6.92 Å². The summed E-state index contributed by atoms with van der Waals surface area (Å²) >= 11 is 0. The van der Waals surface area contributed by atoms with E-state index in [0.29, 0.717) is 0 Å². The van der Waals surface area contributed by atoms with E-state index in [-0.39, 0.29) is 0 Å². The van der Waals surface area contributed by atoms with Crippen LogP contribution in [-0.2, 0) is 10.0 Å². The molecule has 4 nitrogen and oxygen atoms in total. The van der Waals surface area contributed by atoms with E-state index in [1.807, 2.05) is 0 Å². The van der Waals surface area contributed by atoms with Crippen LogP contribution in [0.25, 0.3) is 0 Å². The molecule has 11 heavy (non-hydrogen) atoms. The number of aliphatic hydroxyl groups excluding tert-OH is 1. The van der Waals surface area contributed by atoms with Crippen molar-refractivity contribution < 1.29 is 13.5 Å². The van der Waals surface area contributed by atoms with Crippen molar-refractivity contribution >= 4 is 10.0 Å². The second kappa shape index (κ2) is 3.08. The average Bonchev–Trinajstić information content (AvgIpc) is 1.56. The van der Waals surface area contributed by atoms with Crippen LogP contribution in [-0.4, -0.2) is 31.4 Å². The largest absolute Gasteiger partial charge is 0.391 e. The van der Waals surface area contributed by atoms with E-state index in [2.05, 4.69) is 4.72 Å². The number of sulfonamides is 1. The first-order valence-corrected chi connectivity index (χ1v) is 5.21. The summed E-state index contributed by atoms with van der Waals surface area (Å²) in [4.78, 5) is 0. The van der Waals surface area contributed by atoms with Gasteiger partial charge in [0, 0.05) is 0 Å². The van der Waals surface area contributed by atoms with E-state index in [9.17, 15) is 8.42 Å². The minimum absolute atomic E-state index is 0.711. The van der Waals surface area contributed by atoms with Crippen LogP contribution >= 0.6 is 0 Å². The Labute approximate surface area is 67.7 Å². The molecule has 0 bridgehead atoms. The summed E-state index contributed by atoms with van der Waals surface area (Å²) in [5.41, 5.74) is -0.798. The highest BCUT2D eigenvalue weighted by Gasteiger charge is 2.27. The molecule has 0 aromatic carbocycles. The number of hydrogen-bond donors (Lipinski definition) is 2. The second-order valence-electron chi connectivity index (χ2n) is 3.27. The maximum atomic E-state index is 10.7. The molecule has 1 unspecified atom stereocenters. The summed E-state index contributed by atoms with van der Waals surface area (Å²) in [6, 6.07) is 0. The highest BCUT2D eigenvalue weighted by atomic mass is 32.2. The number of aliphatic hydroxyl groups is 1. The Balaban J connectivity index is 4.38. The molecule has 0 heterocycles. The molecule has 0 saturated heterocycles. The zero-order valence-corrected chi connectivity index (χ0v) is 8.07. The van der Waals surface area contributed by atoms with Crippen molar-refractivity contribution in [3.63, 3.8) is 0 Å². The Hall–Kier alpha value is -0.130. The lowest BCUT2D eigenvalue weighted by Crippen LogP contribution is -2.50. The van der Waals surface area contributed by atoms with Crippen molar-refractivity contribution in [2.45, 2.75) is 32.4 Å². The van der Waals surface area contributed by atoms with E-state index in [0.717, 1.165) is 6.26 Å². The Morgan fingerprint density at radius 3 is 1.91 bits per heavy atom. The van der Waals surface area contributed by atoms with Gasteiger partial charge in [-0.15, -0.1) is 0 Å². The predicted molar refractivity (Wildman–Crippen MR) is 43.7 cm³/mol. The zero-order chi connectivity index (χ0) is 9.28. The quantitative estimate of drug-likeness (QED) is 0.628. The van der Waals surface area contributed by atoms with Crippen LogP contribution in [0.15, 0.2) is 0 Å². The third kappa shape index (κ3) is 4.34. The Morgan fingerprint density at radius 1 is 1.45 bits per heavy atom. The maximum Gasteiger partial charge on any atom is 0.209 e. The molecule has 0 radical (unpaired) electrons. The Bertz CT molecular complexity index is 218. The van der Waals surface area contributed by atoms with Crippen molar-refractivity contribution in [2.24, 2.45) is 0 Å². The second-order valence-corrected chi connectivity index (χ2v) is 5.02. The van der Waals surface area contributed by atoms with Crippen molar-refractivity contribution in [3.8, 4) is 0 Å². The molecule has 0 spiro atoms. The zero-order valence-electron chi connectivity index (χ0n) is 7.25. The van der Waals surface area contributed by atoms with Crippen LogP contribution in [0.3, 0.4) is 0 Å². The van der Waals surface area contributed by atoms with Crippen LogP contribution in [0.1, 0.15) is 20.8 Å². The number of hydrogen-bond acceptors (Lipinski definition) is 3. The first kappa shape index (κ1) is 10.9. The summed E-state index contributed by atoms with van der Waals surface area (Å²) in [7, 11) is -3.24. The van der Waals surface area contributed by atoms with Gasteiger partial charge in [-0.3, -0.25) is 0 Å². The third-order valence-corrected chi connectivity index (χ3v) is 2.39. The normalized spacial score (nSPS) is 16.5. The van der Waals surface area contributed by atoms with Gasteiger partial charge < -0.3 is 5.11 Å². The molecule has 0 aromatic heterocycles. The van der Waals surface area contributed by atoms with Gasteiger partial charge in [0.1, 0.15) is 0 Å². The molecule has 0 saturated carbocycles. The van der Waals surface area contributed by atoms with E-state index >= 15 is 0 Å². The highest BCUT2D eigenvalue weighted by Crippen LogP contribution is 2.08. The van der Waals surface area contributed by atoms with Gasteiger partial charge in [-0.2, -0.15) is 0 Å². The molecule has 2 N–H and O–H groups in total. The van der Waals surface area contributed by atoms with Crippen LogP contribution in [0, 0.1) is 0 Å². The Kier molecular flexibility index (Phi) is 3.05. The lowest BCUT2D eigenvalue weighted by Gasteiger charge is -2.27. The maximum absolute atomic E-state index is 10.7. The smallest absolute Gasteiger partial charge is 0.209 e. The minimum atomic E-state index is -3.24. The fraction of sp³-hybridized carbons (Fsp3) is 1.00. The van der Waals surface area contributed by atoms with E-state index in [4.69, 9.17) is 5.11 Å². The van der Waals surface area contributed by atoms with Gasteiger partial charge >= 0.3 is 0 Å². The third-order valence-electron chi connectivity index (χ3n) is 1.49. The van der Waals surface area contributed by atoms with Crippen molar-refractivity contribution in [1.82, 2.24) is 4.72 Å². The van der Waals surface area contributed by atoms with Gasteiger partial charge in [-0.25, -0.2) is 13.1 Å². The van der Waals surface area contributed by atoms with Crippen LogP contribution in [0.5, 0.6) is 0 Å². The molecule has 0 aliphatic rings. The van der Waals surface area contributed by atoms with Crippen LogP contribution in [0.2, 0.25) is 0 Å². The molecular weight excluding hydrogens is 166 g/mol.